The van der Waals surface area contributed by atoms with Crippen LogP contribution in [0.2, 0.25) is 0 Å². The van der Waals surface area contributed by atoms with Gasteiger partial charge in [-0.15, -0.1) is 0 Å². The first-order chi connectivity index (χ1) is 16.3. The third-order valence-corrected chi connectivity index (χ3v) is 9.70. The van der Waals surface area contributed by atoms with Gasteiger partial charge >= 0.3 is 0 Å². The molecule has 2 atom stereocenters. The number of rotatable bonds is 9. The van der Waals surface area contributed by atoms with Crippen LogP contribution in [0.25, 0.3) is 0 Å². The van der Waals surface area contributed by atoms with Crippen LogP contribution in [0, 0.1) is 22.7 Å². The van der Waals surface area contributed by atoms with Crippen LogP contribution in [-0.2, 0) is 19.7 Å². The third kappa shape index (κ3) is 4.78. The van der Waals surface area contributed by atoms with E-state index in [9.17, 15) is 9.59 Å². The number of amides is 2. The second-order valence-corrected chi connectivity index (χ2v) is 12.4. The molecular weight excluding hydrogens is 424 g/mol. The molecule has 2 N–H and O–H groups in total. The van der Waals surface area contributed by atoms with Crippen molar-refractivity contribution < 1.29 is 14.3 Å². The van der Waals surface area contributed by atoms with Crippen molar-refractivity contribution in [2.75, 3.05) is 25.1 Å². The van der Waals surface area contributed by atoms with Crippen LogP contribution < -0.4 is 10.6 Å². The van der Waals surface area contributed by atoms with Crippen LogP contribution in [0.5, 0.6) is 0 Å². The minimum atomic E-state index is -0.672. The van der Waals surface area contributed by atoms with Crippen molar-refractivity contribution in [2.24, 2.45) is 22.7 Å². The Morgan fingerprint density at radius 1 is 1.06 bits per heavy atom. The van der Waals surface area contributed by atoms with Gasteiger partial charge in [0.05, 0.1) is 12.0 Å². The van der Waals surface area contributed by atoms with E-state index in [2.05, 4.69) is 24.5 Å². The number of anilines is 1. The summed E-state index contributed by atoms with van der Waals surface area (Å²) in [5.74, 6) is 1.36. The van der Waals surface area contributed by atoms with Crippen molar-refractivity contribution >= 4 is 17.5 Å². The van der Waals surface area contributed by atoms with Gasteiger partial charge in [-0.25, -0.2) is 0 Å². The lowest BCUT2D eigenvalue weighted by molar-refractivity contribution is -0.127. The van der Waals surface area contributed by atoms with Gasteiger partial charge in [-0.2, -0.15) is 0 Å². The summed E-state index contributed by atoms with van der Waals surface area (Å²) in [6.45, 7) is 6.34. The first kappa shape index (κ1) is 23.8. The predicted molar refractivity (Wildman–Crippen MR) is 135 cm³/mol. The molecule has 3 aliphatic carbocycles. The van der Waals surface area contributed by atoms with Crippen LogP contribution in [0.4, 0.5) is 5.69 Å². The monoisotopic (exact) mass is 466 g/mol. The Bertz CT molecular complexity index is 906. The maximum Gasteiger partial charge on any atom is 0.233 e. The summed E-state index contributed by atoms with van der Waals surface area (Å²) in [4.78, 5) is 26.6. The van der Waals surface area contributed by atoms with Gasteiger partial charge in [-0.3, -0.25) is 9.59 Å². The summed E-state index contributed by atoms with van der Waals surface area (Å²) in [5, 5.41) is 6.42. The topological polar surface area (TPSA) is 67.4 Å². The molecule has 1 aromatic carbocycles. The van der Waals surface area contributed by atoms with Gasteiger partial charge in [0.15, 0.2) is 0 Å². The molecule has 4 aliphatic rings. The lowest BCUT2D eigenvalue weighted by Crippen LogP contribution is -2.49. The molecular formula is C29H42N2O3. The average molecular weight is 467 g/mol. The number of benzene rings is 1. The van der Waals surface area contributed by atoms with Crippen molar-refractivity contribution in [3.05, 3.63) is 29.8 Å². The Labute approximate surface area is 204 Å². The van der Waals surface area contributed by atoms with E-state index < -0.39 is 5.41 Å². The molecule has 0 aromatic heterocycles. The molecule has 1 aliphatic heterocycles. The highest BCUT2D eigenvalue weighted by molar-refractivity contribution is 5.92. The van der Waals surface area contributed by atoms with Gasteiger partial charge in [0, 0.05) is 25.3 Å². The number of ether oxygens (including phenoxy) is 1. The summed E-state index contributed by atoms with van der Waals surface area (Å²) >= 11 is 0. The highest BCUT2D eigenvalue weighted by Crippen LogP contribution is 2.57. The molecule has 5 heteroatoms. The highest BCUT2D eigenvalue weighted by atomic mass is 16.5. The molecule has 0 spiro atoms. The zero-order valence-corrected chi connectivity index (χ0v) is 21.1. The molecule has 5 rings (SSSR count). The third-order valence-electron chi connectivity index (χ3n) is 9.70. The van der Waals surface area contributed by atoms with E-state index >= 15 is 0 Å². The second-order valence-electron chi connectivity index (χ2n) is 12.4. The van der Waals surface area contributed by atoms with Crippen LogP contribution in [0.15, 0.2) is 24.3 Å². The number of nitrogens with one attached hydrogen (secondary N) is 2. The second kappa shape index (κ2) is 9.29. The molecule has 0 bridgehead atoms. The van der Waals surface area contributed by atoms with Crippen LogP contribution in [0.3, 0.4) is 0 Å². The minimum absolute atomic E-state index is 0.0598. The normalized spacial score (nSPS) is 28.2. The molecule has 2 amide bonds. The molecule has 1 heterocycles. The fourth-order valence-corrected chi connectivity index (χ4v) is 6.74. The molecule has 4 fully saturated rings. The zero-order chi connectivity index (χ0) is 23.8. The number of hydrogen-bond donors (Lipinski definition) is 2. The Balaban J connectivity index is 1.27. The lowest BCUT2D eigenvalue weighted by Gasteiger charge is -2.39. The van der Waals surface area contributed by atoms with E-state index in [1.165, 1.54) is 57.8 Å². The standard InChI is InChI=1S/C29H42N2O3/c1-27(11-6-12-27)19-30-26(33)29(15-16-34-20-29)22-9-5-10-23(17-22)31-25(32)18-24(28(2)13-14-28)21-7-3-4-8-21/h5,9-10,17,21,24H,3-4,6-8,11-16,18-20H2,1-2H3,(H,30,33)(H,31,32). The molecule has 0 radical (unpaired) electrons. The number of carbonyl (C=O) groups excluding carboxylic acids is 2. The first-order valence-corrected chi connectivity index (χ1v) is 13.6. The van der Waals surface area contributed by atoms with Crippen molar-refractivity contribution in [1.82, 2.24) is 5.32 Å². The van der Waals surface area contributed by atoms with Gasteiger partial charge < -0.3 is 15.4 Å². The summed E-state index contributed by atoms with van der Waals surface area (Å²) < 4.78 is 5.74. The van der Waals surface area contributed by atoms with E-state index in [1.54, 1.807) is 0 Å². The molecule has 3 saturated carbocycles. The molecule has 186 valence electrons. The summed E-state index contributed by atoms with van der Waals surface area (Å²) in [6, 6.07) is 7.92. The Hall–Kier alpha value is -1.88. The first-order valence-electron chi connectivity index (χ1n) is 13.6. The Morgan fingerprint density at radius 3 is 2.44 bits per heavy atom. The minimum Gasteiger partial charge on any atom is -0.380 e. The van der Waals surface area contributed by atoms with E-state index in [-0.39, 0.29) is 17.2 Å². The lowest BCUT2D eigenvalue weighted by atomic mass is 9.70. The van der Waals surface area contributed by atoms with Crippen molar-refractivity contribution in [3.8, 4) is 0 Å². The van der Waals surface area contributed by atoms with Gasteiger partial charge in [0.25, 0.3) is 0 Å². The van der Waals surface area contributed by atoms with Gasteiger partial charge in [0.2, 0.25) is 11.8 Å². The van der Waals surface area contributed by atoms with E-state index in [4.69, 9.17) is 4.74 Å². The van der Waals surface area contributed by atoms with E-state index in [0.717, 1.165) is 17.8 Å². The Kier molecular flexibility index (Phi) is 6.52. The van der Waals surface area contributed by atoms with Crippen molar-refractivity contribution in [3.63, 3.8) is 0 Å². The number of hydrogen-bond acceptors (Lipinski definition) is 3. The predicted octanol–water partition coefficient (Wildman–Crippen LogP) is 5.59. The average Bonchev–Trinajstić information content (AvgIpc) is 3.22. The molecule has 2 unspecified atom stereocenters. The van der Waals surface area contributed by atoms with Crippen LogP contribution >= 0.6 is 0 Å². The summed E-state index contributed by atoms with van der Waals surface area (Å²) in [7, 11) is 0. The summed E-state index contributed by atoms with van der Waals surface area (Å²) in [5.41, 5.74) is 1.66. The fraction of sp³-hybridized carbons (Fsp3) is 0.724. The smallest absolute Gasteiger partial charge is 0.233 e. The largest absolute Gasteiger partial charge is 0.380 e. The quantitative estimate of drug-likeness (QED) is 0.499. The number of carbonyl (C=O) groups is 2. The van der Waals surface area contributed by atoms with Crippen LogP contribution in [-0.4, -0.2) is 31.6 Å². The SMILES string of the molecule is CC1(CNC(=O)C2(c3cccc(NC(=O)CC(C4CCCC4)C4(C)CC4)c3)CCOC2)CCC1. The molecule has 5 nitrogen and oxygen atoms in total. The van der Waals surface area contributed by atoms with Gasteiger partial charge in [-0.05, 0) is 72.5 Å². The Morgan fingerprint density at radius 2 is 1.82 bits per heavy atom. The van der Waals surface area contributed by atoms with Gasteiger partial charge in [0.1, 0.15) is 0 Å². The maximum atomic E-state index is 13.4. The van der Waals surface area contributed by atoms with Crippen LogP contribution in [0.1, 0.15) is 90.0 Å². The van der Waals surface area contributed by atoms with Crippen molar-refractivity contribution in [2.45, 2.75) is 89.9 Å². The molecule has 1 aromatic rings. The molecule has 1 saturated heterocycles. The molecule has 34 heavy (non-hydrogen) atoms. The zero-order valence-electron chi connectivity index (χ0n) is 21.1. The van der Waals surface area contributed by atoms with E-state index in [1.807, 2.05) is 24.3 Å². The highest BCUT2D eigenvalue weighted by Gasteiger charge is 2.49. The maximum absolute atomic E-state index is 13.4. The van der Waals surface area contributed by atoms with Gasteiger partial charge in [-0.1, -0.05) is 58.1 Å². The van der Waals surface area contributed by atoms with E-state index in [0.29, 0.717) is 43.3 Å². The van der Waals surface area contributed by atoms with Crippen molar-refractivity contribution in [1.29, 1.82) is 0 Å². The summed E-state index contributed by atoms with van der Waals surface area (Å²) in [6.07, 6.45) is 12.6. The fourth-order valence-electron chi connectivity index (χ4n) is 6.74.